The van der Waals surface area contributed by atoms with Gasteiger partial charge < -0.3 is 10.1 Å². The molecule has 0 saturated carbocycles. The predicted molar refractivity (Wildman–Crippen MR) is 26.4 cm³/mol. The van der Waals surface area contributed by atoms with Crippen LogP contribution < -0.4 is 5.32 Å². The molecular formula is C5H5NO3. The van der Waals surface area contributed by atoms with Crippen LogP contribution in [-0.4, -0.2) is 24.0 Å². The molecule has 48 valence electrons. The summed E-state index contributed by atoms with van der Waals surface area (Å²) in [6.07, 6.45) is 0.182. The van der Waals surface area contributed by atoms with E-state index < -0.39 is 0 Å². The Balaban J connectivity index is 2.16. The van der Waals surface area contributed by atoms with Gasteiger partial charge in [0.25, 0.3) is 0 Å². The number of esters is 1. The average Bonchev–Trinajstić information content (AvgIpc) is 2.08. The summed E-state index contributed by atoms with van der Waals surface area (Å²) in [7, 11) is 0. The van der Waals surface area contributed by atoms with Crippen LogP contribution >= 0.6 is 0 Å². The summed E-state index contributed by atoms with van der Waals surface area (Å²) in [5.74, 6) is -0.387. The Bertz CT molecular complexity index is 187. The zero-order valence-corrected chi connectivity index (χ0v) is 4.59. The fourth-order valence-corrected chi connectivity index (χ4v) is 1.10. The molecule has 2 atom stereocenters. The van der Waals surface area contributed by atoms with E-state index in [0.29, 0.717) is 6.42 Å². The van der Waals surface area contributed by atoms with Crippen LogP contribution in [0.1, 0.15) is 6.42 Å². The minimum absolute atomic E-state index is 0.0872. The molecule has 0 radical (unpaired) electrons. The molecule has 2 fully saturated rings. The lowest BCUT2D eigenvalue weighted by Gasteiger charge is -2.27. The zero-order valence-electron chi connectivity index (χ0n) is 4.59. The number of fused-ring (bicyclic) bond motifs is 1. The van der Waals surface area contributed by atoms with Crippen LogP contribution in [0.2, 0.25) is 0 Å². The summed E-state index contributed by atoms with van der Waals surface area (Å²) in [5, 5.41) is 2.49. The van der Waals surface area contributed by atoms with Gasteiger partial charge in [-0.25, -0.2) is 4.79 Å². The lowest BCUT2D eigenvalue weighted by Crippen LogP contribution is -2.52. The maximum atomic E-state index is 10.5. The molecule has 0 aromatic rings. The summed E-state index contributed by atoms with van der Waals surface area (Å²) >= 11 is 0. The van der Waals surface area contributed by atoms with Gasteiger partial charge in [0, 0.05) is 0 Å². The first-order valence-corrected chi connectivity index (χ1v) is 2.77. The van der Waals surface area contributed by atoms with Gasteiger partial charge in [0.15, 0.2) is 6.04 Å². The fourth-order valence-electron chi connectivity index (χ4n) is 1.10. The van der Waals surface area contributed by atoms with E-state index in [2.05, 4.69) is 10.1 Å². The highest BCUT2D eigenvalue weighted by molar-refractivity contribution is 5.93. The monoisotopic (exact) mass is 127 g/mol. The van der Waals surface area contributed by atoms with Gasteiger partial charge in [-0.3, -0.25) is 4.79 Å². The molecule has 2 rings (SSSR count). The van der Waals surface area contributed by atoms with E-state index in [4.69, 9.17) is 0 Å². The Hall–Kier alpha value is -1.06. The molecule has 2 aliphatic rings. The van der Waals surface area contributed by atoms with Gasteiger partial charge in [0.2, 0.25) is 5.91 Å². The van der Waals surface area contributed by atoms with Crippen molar-refractivity contribution >= 4 is 11.9 Å². The molecule has 9 heavy (non-hydrogen) atoms. The van der Waals surface area contributed by atoms with Gasteiger partial charge in [-0.1, -0.05) is 0 Å². The third kappa shape index (κ3) is 0.472. The number of carbonyl (C=O) groups excluding carboxylic acids is 2. The summed E-state index contributed by atoms with van der Waals surface area (Å²) in [5.41, 5.74) is 0. The third-order valence-corrected chi connectivity index (χ3v) is 1.60. The van der Waals surface area contributed by atoms with E-state index in [9.17, 15) is 9.59 Å². The topological polar surface area (TPSA) is 55.4 Å². The zero-order chi connectivity index (χ0) is 6.43. The van der Waals surface area contributed by atoms with Gasteiger partial charge in [0.1, 0.15) is 6.10 Å². The molecule has 0 spiro atoms. The van der Waals surface area contributed by atoms with Crippen molar-refractivity contribution in [2.75, 3.05) is 0 Å². The van der Waals surface area contributed by atoms with Gasteiger partial charge >= 0.3 is 5.97 Å². The Morgan fingerprint density at radius 2 is 2.33 bits per heavy atom. The molecule has 0 aromatic carbocycles. The highest BCUT2D eigenvalue weighted by Crippen LogP contribution is 2.22. The number of hydrogen-bond donors (Lipinski definition) is 1. The largest absolute Gasteiger partial charge is 0.457 e. The van der Waals surface area contributed by atoms with E-state index in [0.717, 1.165) is 0 Å². The van der Waals surface area contributed by atoms with Crippen LogP contribution in [0.15, 0.2) is 0 Å². The maximum Gasteiger partial charge on any atom is 0.332 e. The highest BCUT2D eigenvalue weighted by atomic mass is 16.6. The average molecular weight is 127 g/mol. The third-order valence-electron chi connectivity index (χ3n) is 1.60. The predicted octanol–water partition coefficient (Wildman–Crippen LogP) is -1.20. The summed E-state index contributed by atoms with van der Waals surface area (Å²) in [6, 6.07) is -0.322. The lowest BCUT2D eigenvalue weighted by molar-refractivity contribution is -0.172. The second-order valence-electron chi connectivity index (χ2n) is 2.22. The number of rotatable bonds is 0. The number of ether oxygens (including phenoxy) is 1. The molecule has 4 nitrogen and oxygen atoms in total. The molecule has 4 heteroatoms. The SMILES string of the molecule is O=C1CC2OC(=O)C2N1. The molecule has 2 saturated heterocycles. The standard InChI is InChI=1S/C5H5NO3/c7-3-1-2-4(6-3)5(8)9-2/h2,4H,1H2,(H,6,7). The van der Waals surface area contributed by atoms with Crippen molar-refractivity contribution in [3.63, 3.8) is 0 Å². The van der Waals surface area contributed by atoms with Crippen LogP contribution in [0.4, 0.5) is 0 Å². The van der Waals surface area contributed by atoms with E-state index in [-0.39, 0.29) is 24.0 Å². The molecule has 0 aliphatic carbocycles. The lowest BCUT2D eigenvalue weighted by atomic mass is 10.1. The molecule has 0 bridgehead atoms. The maximum absolute atomic E-state index is 10.5. The minimum Gasteiger partial charge on any atom is -0.457 e. The second kappa shape index (κ2) is 1.26. The summed E-state index contributed by atoms with van der Waals surface area (Å²) in [6.45, 7) is 0. The van der Waals surface area contributed by atoms with Crippen molar-refractivity contribution in [1.29, 1.82) is 0 Å². The first-order chi connectivity index (χ1) is 4.27. The Labute approximate surface area is 51.2 Å². The summed E-state index contributed by atoms with van der Waals surface area (Å²) in [4.78, 5) is 20.9. The van der Waals surface area contributed by atoms with E-state index >= 15 is 0 Å². The normalized spacial score (nSPS) is 38.7. The van der Waals surface area contributed by atoms with Gasteiger partial charge in [0.05, 0.1) is 6.42 Å². The first-order valence-electron chi connectivity index (χ1n) is 2.77. The number of amides is 1. The van der Waals surface area contributed by atoms with Gasteiger partial charge in [-0.2, -0.15) is 0 Å². The van der Waals surface area contributed by atoms with Crippen molar-refractivity contribution < 1.29 is 14.3 Å². The molecular weight excluding hydrogens is 122 g/mol. The molecule has 0 aromatic heterocycles. The quantitative estimate of drug-likeness (QED) is 0.416. The Kier molecular flexibility index (Phi) is 0.670. The second-order valence-corrected chi connectivity index (χ2v) is 2.22. The van der Waals surface area contributed by atoms with Crippen LogP contribution in [0.3, 0.4) is 0 Å². The van der Waals surface area contributed by atoms with Gasteiger partial charge in [-0.15, -0.1) is 0 Å². The number of carbonyl (C=O) groups is 2. The molecule has 1 N–H and O–H groups in total. The molecule has 2 unspecified atom stereocenters. The Morgan fingerprint density at radius 1 is 1.56 bits per heavy atom. The van der Waals surface area contributed by atoms with Crippen LogP contribution in [0.25, 0.3) is 0 Å². The number of nitrogens with one attached hydrogen (secondary N) is 1. The van der Waals surface area contributed by atoms with Crippen LogP contribution in [-0.2, 0) is 14.3 Å². The van der Waals surface area contributed by atoms with Crippen molar-refractivity contribution in [3.05, 3.63) is 0 Å². The van der Waals surface area contributed by atoms with E-state index in [1.165, 1.54) is 0 Å². The van der Waals surface area contributed by atoms with Crippen molar-refractivity contribution in [2.24, 2.45) is 0 Å². The molecule has 2 heterocycles. The van der Waals surface area contributed by atoms with Gasteiger partial charge in [-0.05, 0) is 0 Å². The van der Waals surface area contributed by atoms with Crippen molar-refractivity contribution in [3.8, 4) is 0 Å². The minimum atomic E-state index is -0.322. The van der Waals surface area contributed by atoms with E-state index in [1.54, 1.807) is 0 Å². The van der Waals surface area contributed by atoms with E-state index in [1.807, 2.05) is 0 Å². The molecule has 1 amide bonds. The fraction of sp³-hybridized carbons (Fsp3) is 0.600. The first kappa shape index (κ1) is 4.78. The number of hydrogen-bond acceptors (Lipinski definition) is 3. The van der Waals surface area contributed by atoms with Crippen LogP contribution in [0, 0.1) is 0 Å². The Morgan fingerprint density at radius 3 is 2.78 bits per heavy atom. The van der Waals surface area contributed by atoms with Crippen molar-refractivity contribution in [2.45, 2.75) is 18.6 Å². The van der Waals surface area contributed by atoms with Crippen LogP contribution in [0.5, 0.6) is 0 Å². The molecule has 2 aliphatic heterocycles. The smallest absolute Gasteiger partial charge is 0.332 e. The summed E-state index contributed by atoms with van der Waals surface area (Å²) < 4.78 is 4.61. The highest BCUT2D eigenvalue weighted by Gasteiger charge is 2.49. The van der Waals surface area contributed by atoms with Crippen molar-refractivity contribution in [1.82, 2.24) is 5.32 Å².